The molecule has 0 saturated carbocycles. The van der Waals surface area contributed by atoms with Gasteiger partial charge < -0.3 is 19.4 Å². The Morgan fingerprint density at radius 2 is 2.00 bits per heavy atom. The number of hydrogen-bond acceptors (Lipinski definition) is 6. The van der Waals surface area contributed by atoms with Gasteiger partial charge in [-0.25, -0.2) is 9.78 Å². The van der Waals surface area contributed by atoms with Gasteiger partial charge in [-0.2, -0.15) is 0 Å². The zero-order valence-electron chi connectivity index (χ0n) is 16.3. The van der Waals surface area contributed by atoms with Crippen LogP contribution in [0.5, 0.6) is 0 Å². The summed E-state index contributed by atoms with van der Waals surface area (Å²) in [5.74, 6) is -0.803. The van der Waals surface area contributed by atoms with Gasteiger partial charge in [0.15, 0.2) is 11.3 Å². The van der Waals surface area contributed by atoms with Crippen LogP contribution in [-0.2, 0) is 32.2 Å². The highest BCUT2D eigenvalue weighted by atomic mass is 16.5. The maximum atomic E-state index is 13.1. The molecule has 2 aliphatic rings. The molecule has 3 aromatic rings. The number of aromatic amines is 1. The number of rotatable bonds is 4. The molecule has 0 spiro atoms. The first-order valence-electron chi connectivity index (χ1n) is 9.75. The molecule has 1 N–H and O–H groups in total. The van der Waals surface area contributed by atoms with E-state index in [0.717, 1.165) is 22.1 Å². The highest BCUT2D eigenvalue weighted by Crippen LogP contribution is 2.35. The lowest BCUT2D eigenvalue weighted by atomic mass is 10.1. The van der Waals surface area contributed by atoms with Gasteiger partial charge in [0.25, 0.3) is 0 Å². The Morgan fingerprint density at radius 3 is 2.73 bits per heavy atom. The van der Waals surface area contributed by atoms with E-state index in [9.17, 15) is 9.59 Å². The second-order valence-corrected chi connectivity index (χ2v) is 7.11. The zero-order valence-corrected chi connectivity index (χ0v) is 16.3. The minimum absolute atomic E-state index is 0.0612. The Bertz CT molecular complexity index is 1210. The van der Waals surface area contributed by atoms with Crippen molar-refractivity contribution in [2.24, 2.45) is 0 Å². The molecule has 0 radical (unpaired) electrons. The predicted molar refractivity (Wildman–Crippen MR) is 110 cm³/mol. The number of Topliss-reactive ketones (excluding diaryl/α,β-unsaturated/α-hetero) is 1. The molecule has 0 saturated heterocycles. The molecule has 0 fully saturated rings. The van der Waals surface area contributed by atoms with Crippen molar-refractivity contribution in [3.05, 3.63) is 82.7 Å². The number of pyridine rings is 1. The highest BCUT2D eigenvalue weighted by molar-refractivity contribution is 6.26. The monoisotopic (exact) mass is 401 g/mol. The second-order valence-electron chi connectivity index (χ2n) is 7.11. The topological polar surface area (TPSA) is 84.5 Å². The van der Waals surface area contributed by atoms with E-state index in [4.69, 9.17) is 9.47 Å². The summed E-state index contributed by atoms with van der Waals surface area (Å²) < 4.78 is 11.1. The van der Waals surface area contributed by atoms with Crippen molar-refractivity contribution in [3.63, 3.8) is 0 Å². The zero-order chi connectivity index (χ0) is 20.7. The summed E-state index contributed by atoms with van der Waals surface area (Å²) in [7, 11) is 0. The number of ketones is 1. The minimum Gasteiger partial charge on any atom is -0.462 e. The van der Waals surface area contributed by atoms with Gasteiger partial charge >= 0.3 is 5.97 Å². The van der Waals surface area contributed by atoms with Gasteiger partial charge in [-0.1, -0.05) is 24.3 Å². The predicted octanol–water partition coefficient (Wildman–Crippen LogP) is 3.29. The SMILES string of the molecule is CCOC(=O)C1=C(N2Cc3ccccc3C2)OC(=Cc2c[nH]c3ncccc23)C1=O. The molecule has 0 unspecified atom stereocenters. The van der Waals surface area contributed by atoms with Crippen molar-refractivity contribution in [2.75, 3.05) is 6.61 Å². The van der Waals surface area contributed by atoms with E-state index in [1.165, 1.54) is 0 Å². The summed E-state index contributed by atoms with van der Waals surface area (Å²) in [6.07, 6.45) is 5.09. The maximum Gasteiger partial charge on any atom is 0.347 e. The first-order valence-corrected chi connectivity index (χ1v) is 9.75. The lowest BCUT2D eigenvalue weighted by molar-refractivity contribution is -0.139. The fraction of sp³-hybridized carbons (Fsp3) is 0.174. The van der Waals surface area contributed by atoms with Crippen LogP contribution in [0.2, 0.25) is 0 Å². The molecule has 2 aromatic heterocycles. The fourth-order valence-electron chi connectivity index (χ4n) is 3.84. The van der Waals surface area contributed by atoms with Crippen molar-refractivity contribution in [1.29, 1.82) is 0 Å². The highest BCUT2D eigenvalue weighted by Gasteiger charge is 2.40. The number of H-pyrrole nitrogens is 1. The summed E-state index contributed by atoms with van der Waals surface area (Å²) in [5, 5.41) is 0.862. The Balaban J connectivity index is 1.52. The third kappa shape index (κ3) is 2.95. The molecule has 5 rings (SSSR count). The van der Waals surface area contributed by atoms with Crippen LogP contribution >= 0.6 is 0 Å². The van der Waals surface area contributed by atoms with Crippen molar-refractivity contribution in [3.8, 4) is 0 Å². The Kier molecular flexibility index (Phi) is 4.35. The summed E-state index contributed by atoms with van der Waals surface area (Å²) >= 11 is 0. The Hall–Kier alpha value is -3.87. The van der Waals surface area contributed by atoms with Crippen LogP contribution in [0, 0.1) is 0 Å². The van der Waals surface area contributed by atoms with Gasteiger partial charge in [-0.15, -0.1) is 0 Å². The number of ether oxygens (including phenoxy) is 2. The van der Waals surface area contributed by atoms with Crippen LogP contribution in [0.4, 0.5) is 0 Å². The van der Waals surface area contributed by atoms with Crippen molar-refractivity contribution in [2.45, 2.75) is 20.0 Å². The molecule has 4 heterocycles. The van der Waals surface area contributed by atoms with Crippen LogP contribution < -0.4 is 0 Å². The van der Waals surface area contributed by atoms with E-state index in [2.05, 4.69) is 9.97 Å². The van der Waals surface area contributed by atoms with Gasteiger partial charge in [0.2, 0.25) is 11.7 Å². The van der Waals surface area contributed by atoms with Crippen molar-refractivity contribution < 1.29 is 19.1 Å². The molecule has 0 aliphatic carbocycles. The third-order valence-corrected chi connectivity index (χ3v) is 5.25. The minimum atomic E-state index is -0.669. The molecular formula is C23H19N3O4. The van der Waals surface area contributed by atoms with E-state index in [-0.39, 0.29) is 23.8 Å². The molecule has 150 valence electrons. The number of fused-ring (bicyclic) bond motifs is 2. The van der Waals surface area contributed by atoms with E-state index in [0.29, 0.717) is 18.7 Å². The first-order chi connectivity index (χ1) is 14.7. The van der Waals surface area contributed by atoms with Gasteiger partial charge in [0, 0.05) is 36.4 Å². The number of nitrogens with one attached hydrogen (secondary N) is 1. The average Bonchev–Trinajstić information content (AvgIpc) is 3.44. The van der Waals surface area contributed by atoms with Crippen LogP contribution in [0.1, 0.15) is 23.6 Å². The second kappa shape index (κ2) is 7.18. The average molecular weight is 401 g/mol. The number of benzene rings is 1. The summed E-state index contributed by atoms with van der Waals surface area (Å²) in [5.41, 5.74) is 3.70. The summed E-state index contributed by atoms with van der Waals surface area (Å²) in [6, 6.07) is 11.7. The number of hydrogen-bond donors (Lipinski definition) is 1. The van der Waals surface area contributed by atoms with E-state index in [1.807, 2.05) is 41.3 Å². The van der Waals surface area contributed by atoms with E-state index < -0.39 is 11.8 Å². The summed E-state index contributed by atoms with van der Waals surface area (Å²) in [6.45, 7) is 3.01. The Labute approximate surface area is 172 Å². The standard InChI is InChI=1S/C23H19N3O4/c1-2-29-23(28)19-20(27)18(10-16-11-25-21-17(16)8-5-9-24-21)30-22(19)26-12-14-6-3-4-7-15(14)13-26/h3-11H,2,12-13H2,1H3,(H,24,25). The number of carbonyl (C=O) groups excluding carboxylic acids is 2. The number of nitrogens with zero attached hydrogens (tertiary/aromatic N) is 2. The van der Waals surface area contributed by atoms with E-state index in [1.54, 1.807) is 25.4 Å². The lowest BCUT2D eigenvalue weighted by Crippen LogP contribution is -2.21. The molecule has 7 heteroatoms. The number of carbonyl (C=O) groups is 2. The van der Waals surface area contributed by atoms with Crippen LogP contribution in [0.15, 0.2) is 66.0 Å². The smallest absolute Gasteiger partial charge is 0.347 e. The van der Waals surface area contributed by atoms with Crippen LogP contribution in [0.25, 0.3) is 17.1 Å². The third-order valence-electron chi connectivity index (χ3n) is 5.25. The molecule has 30 heavy (non-hydrogen) atoms. The molecule has 2 aliphatic heterocycles. The Morgan fingerprint density at radius 1 is 1.23 bits per heavy atom. The first kappa shape index (κ1) is 18.2. The van der Waals surface area contributed by atoms with Gasteiger partial charge in [-0.05, 0) is 36.3 Å². The number of aromatic nitrogens is 2. The van der Waals surface area contributed by atoms with Crippen molar-refractivity contribution in [1.82, 2.24) is 14.9 Å². The van der Waals surface area contributed by atoms with Crippen LogP contribution in [0.3, 0.4) is 0 Å². The molecule has 0 amide bonds. The molecular weight excluding hydrogens is 382 g/mol. The number of esters is 1. The molecule has 0 atom stereocenters. The normalized spacial score (nSPS) is 17.0. The van der Waals surface area contributed by atoms with Crippen LogP contribution in [-0.4, -0.2) is 33.2 Å². The fourth-order valence-corrected chi connectivity index (χ4v) is 3.84. The summed E-state index contributed by atoms with van der Waals surface area (Å²) in [4.78, 5) is 35.0. The van der Waals surface area contributed by atoms with E-state index >= 15 is 0 Å². The number of allylic oxidation sites excluding steroid dienone is 1. The quantitative estimate of drug-likeness (QED) is 0.410. The molecule has 7 nitrogen and oxygen atoms in total. The van der Waals surface area contributed by atoms with Crippen molar-refractivity contribution >= 4 is 28.9 Å². The molecule has 1 aromatic carbocycles. The maximum absolute atomic E-state index is 13.1. The van der Waals surface area contributed by atoms with Gasteiger partial charge in [0.05, 0.1) is 6.61 Å². The molecule has 0 bridgehead atoms. The van der Waals surface area contributed by atoms with Gasteiger partial charge in [-0.3, -0.25) is 4.79 Å². The largest absolute Gasteiger partial charge is 0.462 e. The van der Waals surface area contributed by atoms with Gasteiger partial charge in [0.1, 0.15) is 5.65 Å². The lowest BCUT2D eigenvalue weighted by Gasteiger charge is -2.18.